The van der Waals surface area contributed by atoms with E-state index in [1.165, 1.54) is 12.1 Å². The fraction of sp³-hybridized carbons (Fsp3) is 0.708. The number of carbonyl (C=O) groups is 1. The van der Waals surface area contributed by atoms with E-state index in [9.17, 15) is 4.79 Å². The van der Waals surface area contributed by atoms with Gasteiger partial charge in [-0.25, -0.2) is 0 Å². The minimum absolute atomic E-state index is 0.0488. The van der Waals surface area contributed by atoms with Gasteiger partial charge in [0.25, 0.3) is 0 Å². The molecule has 1 aliphatic carbocycles. The number of piperazine rings is 1. The van der Waals surface area contributed by atoms with Gasteiger partial charge in [0.05, 0.1) is 30.9 Å². The summed E-state index contributed by atoms with van der Waals surface area (Å²) in [5.41, 5.74) is 2.15. The van der Waals surface area contributed by atoms with Gasteiger partial charge in [-0.05, 0) is 39.1 Å². The Morgan fingerprint density at radius 2 is 1.88 bits per heavy atom. The van der Waals surface area contributed by atoms with E-state index in [1.54, 1.807) is 7.11 Å². The van der Waals surface area contributed by atoms with E-state index in [1.807, 2.05) is 0 Å². The first kappa shape index (κ1) is 22.7. The number of carbonyl (C=O) groups excluding carboxylic acids is 1. The summed E-state index contributed by atoms with van der Waals surface area (Å²) in [6.07, 6.45) is 4.40. The van der Waals surface area contributed by atoms with Crippen molar-refractivity contribution >= 4 is 17.3 Å². The van der Waals surface area contributed by atoms with Crippen molar-refractivity contribution in [3.63, 3.8) is 0 Å². The van der Waals surface area contributed by atoms with Crippen LogP contribution in [0.3, 0.4) is 0 Å². The van der Waals surface area contributed by atoms with Crippen molar-refractivity contribution in [2.75, 3.05) is 64.1 Å². The Labute approximate surface area is 197 Å². The first-order chi connectivity index (χ1) is 16.0. The number of nitrogens with one attached hydrogen (secondary N) is 4. The summed E-state index contributed by atoms with van der Waals surface area (Å²) < 4.78 is 5.75. The average molecular weight is 458 g/mol. The molecule has 4 aliphatic rings. The van der Waals surface area contributed by atoms with Crippen LogP contribution < -0.4 is 30.9 Å². The Bertz CT molecular complexity index is 844. The fourth-order valence-corrected chi connectivity index (χ4v) is 5.94. The summed E-state index contributed by atoms with van der Waals surface area (Å²) >= 11 is 0. The van der Waals surface area contributed by atoms with E-state index in [0.717, 1.165) is 56.9 Å². The number of hydrogen-bond donors (Lipinski definition) is 4. The third-order valence-electron chi connectivity index (χ3n) is 7.97. The monoisotopic (exact) mass is 457 g/mol. The molecule has 5 unspecified atom stereocenters. The van der Waals surface area contributed by atoms with Gasteiger partial charge in [0.15, 0.2) is 0 Å². The summed E-state index contributed by atoms with van der Waals surface area (Å²) in [5.74, 6) is 1.16. The van der Waals surface area contributed by atoms with E-state index in [2.05, 4.69) is 68.3 Å². The second kappa shape index (κ2) is 9.66. The number of amides is 1. The molecule has 1 amide bonds. The quantitative estimate of drug-likeness (QED) is 0.525. The number of benzene rings is 1. The summed E-state index contributed by atoms with van der Waals surface area (Å²) in [5, 5.41) is 14.1. The maximum Gasteiger partial charge on any atom is 0.225 e. The summed E-state index contributed by atoms with van der Waals surface area (Å²) in [6, 6.07) is 6.76. The van der Waals surface area contributed by atoms with Crippen LogP contribution >= 0.6 is 0 Å². The molecule has 0 aromatic heterocycles. The van der Waals surface area contributed by atoms with Crippen molar-refractivity contribution in [1.82, 2.24) is 25.8 Å². The highest BCUT2D eigenvalue weighted by atomic mass is 16.5. The topological polar surface area (TPSA) is 84.1 Å². The standard InChI is InChI=1S/C24H39N7O2/c1-29-10-12-31(13-11-29)16-8-9-18(21(14-16)33-3)27-24-25-15-19-22(28-24)30(2)20-7-5-4-6-17(20)23(32)26-19/h8-9,14,17,19-20,22,24-25,27-28H,4-7,10-13,15H2,1-3H3,(H,26,32). The van der Waals surface area contributed by atoms with Gasteiger partial charge < -0.3 is 25.2 Å². The lowest BCUT2D eigenvalue weighted by Crippen LogP contribution is -2.71. The van der Waals surface area contributed by atoms with Crippen LogP contribution in [0.25, 0.3) is 0 Å². The summed E-state index contributed by atoms with van der Waals surface area (Å²) in [6.45, 7) is 4.93. The molecule has 1 aromatic carbocycles. The van der Waals surface area contributed by atoms with Crippen LogP contribution in [0.2, 0.25) is 0 Å². The third-order valence-corrected chi connectivity index (χ3v) is 7.97. The Morgan fingerprint density at radius 3 is 2.67 bits per heavy atom. The lowest BCUT2D eigenvalue weighted by atomic mass is 9.83. The Balaban J connectivity index is 1.28. The van der Waals surface area contributed by atoms with Crippen LogP contribution in [0.15, 0.2) is 18.2 Å². The zero-order chi connectivity index (χ0) is 22.9. The van der Waals surface area contributed by atoms with E-state index in [0.29, 0.717) is 12.6 Å². The van der Waals surface area contributed by atoms with Crippen LogP contribution in [-0.4, -0.2) is 94.2 Å². The van der Waals surface area contributed by atoms with Crippen molar-refractivity contribution in [3.8, 4) is 5.75 Å². The number of rotatable bonds is 4. The molecule has 4 fully saturated rings. The highest BCUT2D eigenvalue weighted by Gasteiger charge is 2.44. The predicted octanol–water partition coefficient (Wildman–Crippen LogP) is 0.650. The highest BCUT2D eigenvalue weighted by molar-refractivity contribution is 5.80. The molecular weight excluding hydrogens is 418 g/mol. The van der Waals surface area contributed by atoms with Crippen molar-refractivity contribution in [3.05, 3.63) is 18.2 Å². The van der Waals surface area contributed by atoms with E-state index in [4.69, 9.17) is 4.74 Å². The molecule has 9 heteroatoms. The molecule has 5 rings (SSSR count). The van der Waals surface area contributed by atoms with Crippen molar-refractivity contribution in [2.24, 2.45) is 5.92 Å². The van der Waals surface area contributed by atoms with Gasteiger partial charge in [0.2, 0.25) is 5.91 Å². The number of ether oxygens (including phenoxy) is 1. The maximum absolute atomic E-state index is 12.9. The van der Waals surface area contributed by atoms with Gasteiger partial charge in [-0.2, -0.15) is 0 Å². The third kappa shape index (κ3) is 4.64. The normalized spacial score (nSPS) is 33.5. The molecule has 182 valence electrons. The zero-order valence-corrected chi connectivity index (χ0v) is 20.1. The lowest BCUT2D eigenvalue weighted by Gasteiger charge is -2.44. The molecule has 1 aromatic rings. The van der Waals surface area contributed by atoms with Gasteiger partial charge >= 0.3 is 0 Å². The number of hydrogen-bond acceptors (Lipinski definition) is 8. The molecule has 3 heterocycles. The molecular formula is C24H39N7O2. The van der Waals surface area contributed by atoms with E-state index in [-0.39, 0.29) is 30.3 Å². The number of likely N-dealkylation sites (N-methyl/N-ethyl adjacent to an activating group) is 2. The Kier molecular flexibility index (Phi) is 6.65. The van der Waals surface area contributed by atoms with E-state index >= 15 is 0 Å². The second-order valence-electron chi connectivity index (χ2n) is 10.0. The average Bonchev–Trinajstić information content (AvgIpc) is 2.95. The molecule has 1 saturated carbocycles. The molecule has 4 N–H and O–H groups in total. The first-order valence-corrected chi connectivity index (χ1v) is 12.4. The summed E-state index contributed by atoms with van der Waals surface area (Å²) in [4.78, 5) is 20.0. The number of fused-ring (bicyclic) bond motifs is 2. The van der Waals surface area contributed by atoms with Crippen LogP contribution in [0.1, 0.15) is 25.7 Å². The van der Waals surface area contributed by atoms with E-state index < -0.39 is 0 Å². The number of anilines is 2. The second-order valence-corrected chi connectivity index (χ2v) is 10.0. The van der Waals surface area contributed by atoms with Crippen molar-refractivity contribution in [1.29, 1.82) is 0 Å². The molecule has 3 saturated heterocycles. The minimum Gasteiger partial charge on any atom is -0.495 e. The largest absolute Gasteiger partial charge is 0.495 e. The minimum atomic E-state index is -0.117. The molecule has 33 heavy (non-hydrogen) atoms. The molecule has 5 atom stereocenters. The molecule has 9 nitrogen and oxygen atoms in total. The van der Waals surface area contributed by atoms with Crippen LogP contribution in [-0.2, 0) is 4.79 Å². The number of nitrogens with zero attached hydrogens (tertiary/aromatic N) is 3. The molecule has 0 bridgehead atoms. The summed E-state index contributed by atoms with van der Waals surface area (Å²) in [7, 11) is 6.07. The molecule has 0 radical (unpaired) electrons. The van der Waals surface area contributed by atoms with Crippen LogP contribution in [0, 0.1) is 5.92 Å². The van der Waals surface area contributed by atoms with Crippen LogP contribution in [0.4, 0.5) is 11.4 Å². The van der Waals surface area contributed by atoms with Gasteiger partial charge in [0.1, 0.15) is 12.0 Å². The number of methoxy groups -OCH3 is 1. The smallest absolute Gasteiger partial charge is 0.225 e. The SMILES string of the molecule is COc1cc(N2CCN(C)CC2)ccc1NC1NCC2NC(=O)C3CCCCC3N(C)C2N1. The zero-order valence-electron chi connectivity index (χ0n) is 20.1. The Hall–Kier alpha value is -2.07. The van der Waals surface area contributed by atoms with Crippen LogP contribution in [0.5, 0.6) is 5.75 Å². The predicted molar refractivity (Wildman–Crippen MR) is 130 cm³/mol. The highest BCUT2D eigenvalue weighted by Crippen LogP contribution is 2.33. The van der Waals surface area contributed by atoms with Gasteiger partial charge in [-0.1, -0.05) is 12.8 Å². The Morgan fingerprint density at radius 1 is 1.09 bits per heavy atom. The molecule has 0 spiro atoms. The first-order valence-electron chi connectivity index (χ1n) is 12.4. The van der Waals surface area contributed by atoms with Crippen molar-refractivity contribution in [2.45, 2.75) is 50.2 Å². The molecule has 3 aliphatic heterocycles. The maximum atomic E-state index is 12.9. The van der Waals surface area contributed by atoms with Gasteiger partial charge in [-0.15, -0.1) is 0 Å². The lowest BCUT2D eigenvalue weighted by molar-refractivity contribution is -0.127. The van der Waals surface area contributed by atoms with Crippen molar-refractivity contribution < 1.29 is 9.53 Å². The van der Waals surface area contributed by atoms with Gasteiger partial charge in [0, 0.05) is 50.5 Å². The fourth-order valence-electron chi connectivity index (χ4n) is 5.94. The van der Waals surface area contributed by atoms with Gasteiger partial charge in [-0.3, -0.25) is 20.3 Å².